The monoisotopic (exact) mass is 520 g/mol. The Kier molecular flexibility index (Phi) is 4.99. The highest BCUT2D eigenvalue weighted by atomic mass is 127. The fourth-order valence-corrected chi connectivity index (χ4v) is 6.64. The second kappa shape index (κ2) is 7.39. The van der Waals surface area contributed by atoms with Crippen LogP contribution in [0.4, 0.5) is 0 Å². The smallest absolute Gasteiger partial charge is 0.211 e. The highest BCUT2D eigenvalue weighted by Crippen LogP contribution is 2.46. The number of hydrogen-bond acceptors (Lipinski definition) is 2. The summed E-state index contributed by atoms with van der Waals surface area (Å²) in [6.45, 7) is 2.29. The second-order valence-electron chi connectivity index (χ2n) is 8.66. The molecular formula is C23H25IN2O2S. The Labute approximate surface area is 186 Å². The van der Waals surface area contributed by atoms with Crippen molar-refractivity contribution in [3.05, 3.63) is 69.4 Å². The van der Waals surface area contributed by atoms with Gasteiger partial charge in [-0.1, -0.05) is 24.3 Å². The van der Waals surface area contributed by atoms with Gasteiger partial charge in [0.05, 0.1) is 6.26 Å². The maximum absolute atomic E-state index is 11.8. The summed E-state index contributed by atoms with van der Waals surface area (Å²) in [6, 6.07) is 17.8. The summed E-state index contributed by atoms with van der Waals surface area (Å²) in [5, 5.41) is 1.29. The Balaban J connectivity index is 1.27. The quantitative estimate of drug-likeness (QED) is 0.469. The van der Waals surface area contributed by atoms with Gasteiger partial charge in [0.1, 0.15) is 0 Å². The molecule has 1 saturated heterocycles. The highest BCUT2D eigenvalue weighted by Gasteiger charge is 2.43. The molecule has 0 radical (unpaired) electrons. The molecule has 1 aromatic heterocycles. The lowest BCUT2D eigenvalue weighted by Crippen LogP contribution is -2.28. The van der Waals surface area contributed by atoms with Crippen molar-refractivity contribution in [1.29, 1.82) is 0 Å². The number of halogens is 1. The number of aromatic nitrogens is 1. The first kappa shape index (κ1) is 19.6. The Hall–Kier alpha value is -1.38. The van der Waals surface area contributed by atoms with Crippen LogP contribution in [0, 0.1) is 15.4 Å². The third kappa shape index (κ3) is 3.86. The van der Waals surface area contributed by atoms with E-state index >= 15 is 0 Å². The largest absolute Gasteiger partial charge is 0.343 e. The zero-order valence-corrected chi connectivity index (χ0v) is 19.4. The molecule has 2 aromatic carbocycles. The third-order valence-electron chi connectivity index (χ3n) is 6.72. The molecule has 2 aliphatic rings. The molecule has 152 valence electrons. The van der Waals surface area contributed by atoms with E-state index in [0.717, 1.165) is 19.4 Å². The lowest BCUT2D eigenvalue weighted by molar-refractivity contribution is 0.440. The van der Waals surface area contributed by atoms with E-state index < -0.39 is 10.0 Å². The summed E-state index contributed by atoms with van der Waals surface area (Å²) in [4.78, 5) is 0. The zero-order valence-electron chi connectivity index (χ0n) is 16.5. The summed E-state index contributed by atoms with van der Waals surface area (Å²) >= 11 is 2.36. The molecule has 6 heteroatoms. The molecule has 29 heavy (non-hydrogen) atoms. The van der Waals surface area contributed by atoms with Gasteiger partial charge < -0.3 is 4.57 Å². The minimum atomic E-state index is -3.04. The van der Waals surface area contributed by atoms with Gasteiger partial charge in [-0.2, -0.15) is 0 Å². The lowest BCUT2D eigenvalue weighted by Gasteiger charge is -2.17. The van der Waals surface area contributed by atoms with Gasteiger partial charge in [-0.05, 0) is 88.6 Å². The fraction of sp³-hybridized carbons (Fsp3) is 0.391. The standard InChI is InChI=1S/C23H25IN2O2S/c1-29(27,28)26-14-20-10-19(11-21(20)15-26)17-4-2-16(3-5-17)13-25-9-8-18-12-22(24)6-7-23(18)25/h2-9,12,19-21H,10-11,13-15H2,1H3/t19?,20-,21+. The molecule has 2 heterocycles. The molecule has 1 unspecified atom stereocenters. The summed E-state index contributed by atoms with van der Waals surface area (Å²) in [6.07, 6.45) is 5.72. The van der Waals surface area contributed by atoms with Gasteiger partial charge in [-0.25, -0.2) is 12.7 Å². The van der Waals surface area contributed by atoms with E-state index in [4.69, 9.17) is 0 Å². The Bertz CT molecular complexity index is 1140. The summed E-state index contributed by atoms with van der Waals surface area (Å²) in [5.41, 5.74) is 3.99. The van der Waals surface area contributed by atoms with Gasteiger partial charge in [0.25, 0.3) is 0 Å². The van der Waals surface area contributed by atoms with Gasteiger partial charge in [0.15, 0.2) is 0 Å². The van der Waals surface area contributed by atoms with Crippen LogP contribution >= 0.6 is 22.6 Å². The number of nitrogens with zero attached hydrogens (tertiary/aromatic N) is 2. The van der Waals surface area contributed by atoms with Crippen LogP contribution in [0.3, 0.4) is 0 Å². The van der Waals surface area contributed by atoms with Crippen LogP contribution in [0.5, 0.6) is 0 Å². The average Bonchev–Trinajstić information content (AvgIpc) is 3.35. The second-order valence-corrected chi connectivity index (χ2v) is 11.9. The topological polar surface area (TPSA) is 42.3 Å². The first-order chi connectivity index (χ1) is 13.9. The molecule has 3 atom stereocenters. The van der Waals surface area contributed by atoms with Gasteiger partial charge in [-0.3, -0.25) is 0 Å². The maximum atomic E-state index is 11.8. The molecule has 5 rings (SSSR count). The van der Waals surface area contributed by atoms with Crippen LogP contribution in [0.25, 0.3) is 10.9 Å². The molecule has 1 aliphatic carbocycles. The first-order valence-electron chi connectivity index (χ1n) is 10.2. The van der Waals surface area contributed by atoms with Crippen molar-refractivity contribution in [3.8, 4) is 0 Å². The molecule has 1 aliphatic heterocycles. The number of rotatable bonds is 4. The van der Waals surface area contributed by atoms with Crippen molar-refractivity contribution in [2.45, 2.75) is 25.3 Å². The minimum absolute atomic E-state index is 0.517. The normalized spacial score (nSPS) is 25.0. The summed E-state index contributed by atoms with van der Waals surface area (Å²) in [7, 11) is -3.04. The van der Waals surface area contributed by atoms with Crippen LogP contribution in [0.15, 0.2) is 54.7 Å². The summed E-state index contributed by atoms with van der Waals surface area (Å²) in [5.74, 6) is 1.60. The van der Waals surface area contributed by atoms with Crippen LogP contribution < -0.4 is 0 Å². The van der Waals surface area contributed by atoms with E-state index in [0.29, 0.717) is 30.8 Å². The van der Waals surface area contributed by atoms with Gasteiger partial charge in [-0.15, -0.1) is 0 Å². The predicted molar refractivity (Wildman–Crippen MR) is 126 cm³/mol. The van der Waals surface area contributed by atoms with Crippen molar-refractivity contribution in [3.63, 3.8) is 0 Å². The van der Waals surface area contributed by atoms with E-state index in [9.17, 15) is 8.42 Å². The Morgan fingerprint density at radius 2 is 1.69 bits per heavy atom. The molecule has 1 saturated carbocycles. The molecule has 2 fully saturated rings. The van der Waals surface area contributed by atoms with E-state index in [1.165, 1.54) is 31.9 Å². The van der Waals surface area contributed by atoms with E-state index in [1.807, 2.05) is 0 Å². The molecule has 0 amide bonds. The van der Waals surface area contributed by atoms with Gasteiger partial charge in [0, 0.05) is 40.3 Å². The number of sulfonamides is 1. The highest BCUT2D eigenvalue weighted by molar-refractivity contribution is 14.1. The predicted octanol–water partition coefficient (Wildman–Crippen LogP) is 4.68. The van der Waals surface area contributed by atoms with Crippen molar-refractivity contribution < 1.29 is 8.42 Å². The maximum Gasteiger partial charge on any atom is 0.211 e. The molecule has 0 bridgehead atoms. The SMILES string of the molecule is CS(=O)(=O)N1C[C@H]2CC(c3ccc(Cn4ccc5cc(I)ccc54)cc3)C[C@H]2C1. The van der Waals surface area contributed by atoms with Gasteiger partial charge >= 0.3 is 0 Å². The van der Waals surface area contributed by atoms with Crippen molar-refractivity contribution >= 4 is 43.5 Å². The summed E-state index contributed by atoms with van der Waals surface area (Å²) < 4.78 is 28.9. The first-order valence-corrected chi connectivity index (χ1v) is 13.1. The average molecular weight is 520 g/mol. The Morgan fingerprint density at radius 1 is 1.00 bits per heavy atom. The number of benzene rings is 2. The number of fused-ring (bicyclic) bond motifs is 2. The lowest BCUT2D eigenvalue weighted by atomic mass is 9.95. The Morgan fingerprint density at radius 3 is 2.34 bits per heavy atom. The molecular weight excluding hydrogens is 495 g/mol. The van der Waals surface area contributed by atoms with Crippen LogP contribution in [-0.2, 0) is 16.6 Å². The molecule has 3 aromatic rings. The third-order valence-corrected chi connectivity index (χ3v) is 8.63. The molecule has 0 N–H and O–H groups in total. The van der Waals surface area contributed by atoms with Crippen molar-refractivity contribution in [1.82, 2.24) is 8.87 Å². The number of hydrogen-bond donors (Lipinski definition) is 0. The van der Waals surface area contributed by atoms with Crippen LogP contribution in [-0.4, -0.2) is 36.6 Å². The van der Waals surface area contributed by atoms with Crippen molar-refractivity contribution in [2.24, 2.45) is 11.8 Å². The van der Waals surface area contributed by atoms with E-state index in [2.05, 4.69) is 81.9 Å². The molecule has 4 nitrogen and oxygen atoms in total. The fourth-order valence-electron chi connectivity index (χ4n) is 5.20. The zero-order chi connectivity index (χ0) is 20.2. The minimum Gasteiger partial charge on any atom is -0.343 e. The molecule has 0 spiro atoms. The van der Waals surface area contributed by atoms with Crippen LogP contribution in [0.1, 0.15) is 29.9 Å². The van der Waals surface area contributed by atoms with Crippen molar-refractivity contribution in [2.75, 3.05) is 19.3 Å². The van der Waals surface area contributed by atoms with Crippen LogP contribution in [0.2, 0.25) is 0 Å². The van der Waals surface area contributed by atoms with Gasteiger partial charge in [0.2, 0.25) is 10.0 Å². The van der Waals surface area contributed by atoms with E-state index in [1.54, 1.807) is 4.31 Å². The van der Waals surface area contributed by atoms with E-state index in [-0.39, 0.29) is 0 Å².